The Morgan fingerprint density at radius 3 is 2.00 bits per heavy atom. The number of carbonyl (C=O) groups excluding carboxylic acids is 2. The van der Waals surface area contributed by atoms with E-state index in [-0.39, 0.29) is 35.2 Å². The number of phenolic OH excluding ortho intramolecular Hbond substituents is 3. The molecule has 0 atom stereocenters. The molecule has 0 saturated carbocycles. The van der Waals surface area contributed by atoms with E-state index in [1.54, 1.807) is 12.1 Å². The van der Waals surface area contributed by atoms with Crippen LogP contribution in [-0.2, 0) is 9.59 Å². The molecule has 122 valence electrons. The van der Waals surface area contributed by atoms with Crippen molar-refractivity contribution in [3.05, 3.63) is 65.7 Å². The number of hydrogen-bond donors (Lipinski definition) is 3. The molecule has 0 aliphatic rings. The summed E-state index contributed by atoms with van der Waals surface area (Å²) in [6.45, 7) is 0. The first-order chi connectivity index (χ1) is 11.4. The fraction of sp³-hybridized carbons (Fsp3) is 0.0526. The molecule has 0 radical (unpaired) electrons. The molecule has 0 aliphatic heterocycles. The van der Waals surface area contributed by atoms with E-state index < -0.39 is 0 Å². The van der Waals surface area contributed by atoms with Crippen LogP contribution in [-0.4, -0.2) is 26.9 Å². The summed E-state index contributed by atoms with van der Waals surface area (Å²) in [6.07, 6.45) is 5.22. The largest absolute Gasteiger partial charge is 0.508 e. The summed E-state index contributed by atoms with van der Waals surface area (Å²) in [7, 11) is 0. The summed E-state index contributed by atoms with van der Waals surface area (Å²) in [5, 5.41) is 27.9. The highest BCUT2D eigenvalue weighted by Crippen LogP contribution is 2.25. The van der Waals surface area contributed by atoms with Crippen molar-refractivity contribution in [2.75, 3.05) is 0 Å². The molecular formula is C19H16O5. The average Bonchev–Trinajstić information content (AvgIpc) is 2.54. The van der Waals surface area contributed by atoms with Crippen LogP contribution in [0.15, 0.2) is 54.6 Å². The number of ketones is 2. The molecule has 0 heterocycles. The van der Waals surface area contributed by atoms with Gasteiger partial charge in [0, 0.05) is 0 Å². The summed E-state index contributed by atoms with van der Waals surface area (Å²) in [6, 6.07) is 10.5. The van der Waals surface area contributed by atoms with Crippen molar-refractivity contribution < 1.29 is 24.9 Å². The highest BCUT2D eigenvalue weighted by atomic mass is 16.3. The number of phenols is 3. The lowest BCUT2D eigenvalue weighted by molar-refractivity contribution is -0.121. The summed E-state index contributed by atoms with van der Waals surface area (Å²) in [5.41, 5.74) is 1.19. The Morgan fingerprint density at radius 1 is 0.792 bits per heavy atom. The van der Waals surface area contributed by atoms with Crippen molar-refractivity contribution in [3.63, 3.8) is 0 Å². The summed E-state index contributed by atoms with van der Waals surface area (Å²) in [4.78, 5) is 23.5. The van der Waals surface area contributed by atoms with Gasteiger partial charge >= 0.3 is 0 Å². The molecule has 3 N–H and O–H groups in total. The Kier molecular flexibility index (Phi) is 5.52. The third kappa shape index (κ3) is 5.14. The molecule has 5 heteroatoms. The van der Waals surface area contributed by atoms with Gasteiger partial charge in [-0.05, 0) is 47.5 Å². The Balaban J connectivity index is 1.92. The molecule has 0 aliphatic carbocycles. The monoisotopic (exact) mass is 324 g/mol. The number of rotatable bonds is 6. The molecule has 0 unspecified atom stereocenters. The molecular weight excluding hydrogens is 308 g/mol. The van der Waals surface area contributed by atoms with Crippen LogP contribution in [0, 0.1) is 0 Å². The molecule has 24 heavy (non-hydrogen) atoms. The highest BCUT2D eigenvalue weighted by Gasteiger charge is 2.04. The van der Waals surface area contributed by atoms with Crippen molar-refractivity contribution >= 4 is 23.7 Å². The Morgan fingerprint density at radius 2 is 1.42 bits per heavy atom. The standard InChI is InChI=1S/C19H16O5/c20-15-3-1-2-13(10-15)4-7-16(21)12-17(22)8-5-14-6-9-18(23)19(24)11-14/h1-11,20,23-24H,12H2/b7-4+,8-5+. The maximum atomic E-state index is 11.8. The quantitative estimate of drug-likeness (QED) is 0.431. The van der Waals surface area contributed by atoms with Gasteiger partial charge in [0.05, 0.1) is 6.42 Å². The van der Waals surface area contributed by atoms with E-state index in [1.807, 2.05) is 0 Å². The van der Waals surface area contributed by atoms with Crippen molar-refractivity contribution in [2.45, 2.75) is 6.42 Å². The van der Waals surface area contributed by atoms with Gasteiger partial charge in [0.1, 0.15) is 5.75 Å². The van der Waals surface area contributed by atoms with Gasteiger partial charge in [-0.1, -0.05) is 30.4 Å². The first-order valence-corrected chi connectivity index (χ1v) is 7.17. The molecule has 0 aromatic heterocycles. The van der Waals surface area contributed by atoms with E-state index in [2.05, 4.69) is 0 Å². The zero-order valence-electron chi connectivity index (χ0n) is 12.7. The Hall–Kier alpha value is -3.34. The lowest BCUT2D eigenvalue weighted by atomic mass is 10.1. The number of hydrogen-bond acceptors (Lipinski definition) is 5. The van der Waals surface area contributed by atoms with Crippen LogP contribution in [0.1, 0.15) is 17.5 Å². The summed E-state index contributed by atoms with van der Waals surface area (Å²) in [5.74, 6) is -1.17. The highest BCUT2D eigenvalue weighted by molar-refractivity contribution is 6.10. The lowest BCUT2D eigenvalue weighted by Gasteiger charge is -1.98. The number of aromatic hydroxyl groups is 3. The van der Waals surface area contributed by atoms with Crippen LogP contribution in [0.3, 0.4) is 0 Å². The topological polar surface area (TPSA) is 94.8 Å². The first-order valence-electron chi connectivity index (χ1n) is 7.17. The summed E-state index contributed by atoms with van der Waals surface area (Å²) < 4.78 is 0. The van der Waals surface area contributed by atoms with E-state index in [4.69, 9.17) is 0 Å². The van der Waals surface area contributed by atoms with Crippen LogP contribution >= 0.6 is 0 Å². The number of carbonyl (C=O) groups is 2. The van der Waals surface area contributed by atoms with Crippen LogP contribution < -0.4 is 0 Å². The molecule has 0 bridgehead atoms. The molecule has 0 amide bonds. The molecule has 2 rings (SSSR count). The van der Waals surface area contributed by atoms with Gasteiger partial charge < -0.3 is 15.3 Å². The summed E-state index contributed by atoms with van der Waals surface area (Å²) >= 11 is 0. The first kappa shape index (κ1) is 17.0. The van der Waals surface area contributed by atoms with Gasteiger partial charge in [-0.25, -0.2) is 0 Å². The minimum absolute atomic E-state index is 0.0979. The van der Waals surface area contributed by atoms with Crippen LogP contribution in [0.2, 0.25) is 0 Å². The SMILES string of the molecule is O=C(/C=C/c1cccc(O)c1)CC(=O)/C=C/c1ccc(O)c(O)c1. The Labute approximate surface area is 138 Å². The van der Waals surface area contributed by atoms with Crippen LogP contribution in [0.5, 0.6) is 17.2 Å². The van der Waals surface area contributed by atoms with Crippen LogP contribution in [0.25, 0.3) is 12.2 Å². The van der Waals surface area contributed by atoms with Crippen molar-refractivity contribution in [1.29, 1.82) is 0 Å². The maximum Gasteiger partial charge on any atom is 0.163 e. The second-order valence-electron chi connectivity index (χ2n) is 5.12. The predicted molar refractivity (Wildman–Crippen MR) is 90.6 cm³/mol. The normalized spacial score (nSPS) is 11.2. The number of allylic oxidation sites excluding steroid dienone is 2. The molecule has 2 aromatic carbocycles. The third-order valence-corrected chi connectivity index (χ3v) is 3.14. The predicted octanol–water partition coefficient (Wildman–Crippen LogP) is 3.06. The molecule has 0 saturated heterocycles. The zero-order chi connectivity index (χ0) is 17.5. The van der Waals surface area contributed by atoms with E-state index in [0.29, 0.717) is 11.1 Å². The van der Waals surface area contributed by atoms with Gasteiger partial charge in [-0.2, -0.15) is 0 Å². The second-order valence-corrected chi connectivity index (χ2v) is 5.12. The smallest absolute Gasteiger partial charge is 0.163 e. The van der Waals surface area contributed by atoms with E-state index >= 15 is 0 Å². The van der Waals surface area contributed by atoms with E-state index in [9.17, 15) is 24.9 Å². The third-order valence-electron chi connectivity index (χ3n) is 3.14. The Bertz CT molecular complexity index is 818. The average molecular weight is 324 g/mol. The lowest BCUT2D eigenvalue weighted by Crippen LogP contribution is -2.01. The second kappa shape index (κ2) is 7.78. The molecule has 5 nitrogen and oxygen atoms in total. The molecule has 2 aromatic rings. The number of benzene rings is 2. The fourth-order valence-corrected chi connectivity index (χ4v) is 1.94. The minimum Gasteiger partial charge on any atom is -0.508 e. The van der Waals surface area contributed by atoms with Crippen molar-refractivity contribution in [1.82, 2.24) is 0 Å². The molecule has 0 fully saturated rings. The van der Waals surface area contributed by atoms with Gasteiger partial charge in [0.25, 0.3) is 0 Å². The van der Waals surface area contributed by atoms with E-state index in [1.165, 1.54) is 54.6 Å². The molecule has 0 spiro atoms. The minimum atomic E-state index is -0.381. The van der Waals surface area contributed by atoms with Crippen molar-refractivity contribution in [3.8, 4) is 17.2 Å². The van der Waals surface area contributed by atoms with Gasteiger partial charge in [0.15, 0.2) is 23.1 Å². The fourth-order valence-electron chi connectivity index (χ4n) is 1.94. The van der Waals surface area contributed by atoms with Crippen molar-refractivity contribution in [2.24, 2.45) is 0 Å². The van der Waals surface area contributed by atoms with E-state index in [0.717, 1.165) is 0 Å². The van der Waals surface area contributed by atoms with Gasteiger partial charge in [-0.15, -0.1) is 0 Å². The van der Waals surface area contributed by atoms with Gasteiger partial charge in [0.2, 0.25) is 0 Å². The zero-order valence-corrected chi connectivity index (χ0v) is 12.7. The maximum absolute atomic E-state index is 11.8. The van der Waals surface area contributed by atoms with Crippen LogP contribution in [0.4, 0.5) is 0 Å². The van der Waals surface area contributed by atoms with Gasteiger partial charge in [-0.3, -0.25) is 9.59 Å².